The van der Waals surface area contributed by atoms with Crippen molar-refractivity contribution < 1.29 is 4.74 Å². The van der Waals surface area contributed by atoms with Gasteiger partial charge in [-0.05, 0) is 68.2 Å². The van der Waals surface area contributed by atoms with Crippen molar-refractivity contribution in [2.75, 3.05) is 26.8 Å². The summed E-state index contributed by atoms with van der Waals surface area (Å²) in [7, 11) is 1.78. The molecule has 2 nitrogen and oxygen atoms in total. The summed E-state index contributed by atoms with van der Waals surface area (Å²) in [6.07, 6.45) is 13.8. The average Bonchev–Trinajstić information content (AvgIpc) is 2.86. The van der Waals surface area contributed by atoms with Crippen LogP contribution in [0.15, 0.2) is 0 Å². The Hall–Kier alpha value is -0.0800. The van der Waals surface area contributed by atoms with Crippen LogP contribution in [-0.4, -0.2) is 26.8 Å². The molecule has 2 heteroatoms. The Morgan fingerprint density at radius 3 is 2.44 bits per heavy atom. The molecule has 3 fully saturated rings. The third-order valence-electron chi connectivity index (χ3n) is 6.20. The SMILES string of the molecule is COCCNCC1CC12CCC1(CCCC1)CC2. The molecule has 0 amide bonds. The third-order valence-corrected chi connectivity index (χ3v) is 6.20. The highest BCUT2D eigenvalue weighted by Gasteiger charge is 2.56. The zero-order valence-corrected chi connectivity index (χ0v) is 12.0. The second kappa shape index (κ2) is 5.13. The second-order valence-corrected chi connectivity index (χ2v) is 7.17. The van der Waals surface area contributed by atoms with Crippen LogP contribution in [0.4, 0.5) is 0 Å². The smallest absolute Gasteiger partial charge is 0.0587 e. The largest absolute Gasteiger partial charge is 0.383 e. The van der Waals surface area contributed by atoms with Gasteiger partial charge in [0, 0.05) is 13.7 Å². The predicted molar refractivity (Wildman–Crippen MR) is 74.7 cm³/mol. The highest BCUT2D eigenvalue weighted by Crippen LogP contribution is 2.66. The summed E-state index contributed by atoms with van der Waals surface area (Å²) in [5.74, 6) is 0.980. The molecule has 3 aliphatic rings. The van der Waals surface area contributed by atoms with E-state index in [1.54, 1.807) is 32.8 Å². The summed E-state index contributed by atoms with van der Waals surface area (Å²) in [4.78, 5) is 0. The maximum Gasteiger partial charge on any atom is 0.0587 e. The van der Waals surface area contributed by atoms with Crippen molar-refractivity contribution in [3.05, 3.63) is 0 Å². The summed E-state index contributed by atoms with van der Waals surface area (Å²) >= 11 is 0. The average molecular weight is 251 g/mol. The minimum absolute atomic E-state index is 0.772. The molecule has 1 unspecified atom stereocenters. The van der Waals surface area contributed by atoms with Crippen LogP contribution in [-0.2, 0) is 4.74 Å². The lowest BCUT2D eigenvalue weighted by Crippen LogP contribution is -2.29. The topological polar surface area (TPSA) is 21.3 Å². The van der Waals surface area contributed by atoms with E-state index in [1.165, 1.54) is 38.6 Å². The molecule has 2 spiro atoms. The molecule has 0 heterocycles. The molecule has 1 atom stereocenters. The van der Waals surface area contributed by atoms with Gasteiger partial charge in [-0.15, -0.1) is 0 Å². The normalized spacial score (nSPS) is 32.2. The minimum Gasteiger partial charge on any atom is -0.383 e. The van der Waals surface area contributed by atoms with E-state index in [9.17, 15) is 0 Å². The van der Waals surface area contributed by atoms with E-state index >= 15 is 0 Å². The maximum absolute atomic E-state index is 5.08. The second-order valence-electron chi connectivity index (χ2n) is 7.17. The fraction of sp³-hybridized carbons (Fsp3) is 1.00. The maximum atomic E-state index is 5.08. The van der Waals surface area contributed by atoms with Crippen molar-refractivity contribution in [1.82, 2.24) is 5.32 Å². The van der Waals surface area contributed by atoms with Crippen LogP contribution in [0.25, 0.3) is 0 Å². The predicted octanol–water partition coefficient (Wildman–Crippen LogP) is 3.36. The Kier molecular flexibility index (Phi) is 3.68. The molecular weight excluding hydrogens is 222 g/mol. The van der Waals surface area contributed by atoms with Gasteiger partial charge in [0.1, 0.15) is 0 Å². The van der Waals surface area contributed by atoms with E-state index in [1.807, 2.05) is 0 Å². The van der Waals surface area contributed by atoms with Crippen molar-refractivity contribution in [3.8, 4) is 0 Å². The van der Waals surface area contributed by atoms with Gasteiger partial charge < -0.3 is 10.1 Å². The van der Waals surface area contributed by atoms with Gasteiger partial charge in [-0.25, -0.2) is 0 Å². The van der Waals surface area contributed by atoms with Crippen molar-refractivity contribution in [2.24, 2.45) is 16.7 Å². The molecular formula is C16H29NO. The van der Waals surface area contributed by atoms with Crippen molar-refractivity contribution in [3.63, 3.8) is 0 Å². The van der Waals surface area contributed by atoms with E-state index in [0.717, 1.165) is 29.9 Å². The lowest BCUT2D eigenvalue weighted by Gasteiger charge is -2.38. The highest BCUT2D eigenvalue weighted by atomic mass is 16.5. The van der Waals surface area contributed by atoms with Crippen LogP contribution in [0.1, 0.15) is 57.8 Å². The zero-order chi connectivity index (χ0) is 12.5. The fourth-order valence-corrected chi connectivity index (χ4v) is 4.69. The quantitative estimate of drug-likeness (QED) is 0.757. The zero-order valence-electron chi connectivity index (χ0n) is 12.0. The van der Waals surface area contributed by atoms with E-state index in [0.29, 0.717) is 0 Å². The highest BCUT2D eigenvalue weighted by molar-refractivity contribution is 5.07. The molecule has 0 bridgehead atoms. The molecule has 0 aromatic rings. The lowest BCUT2D eigenvalue weighted by molar-refractivity contribution is 0.134. The van der Waals surface area contributed by atoms with Gasteiger partial charge in [0.05, 0.1) is 6.61 Å². The third kappa shape index (κ3) is 2.46. The Morgan fingerprint density at radius 2 is 1.78 bits per heavy atom. The van der Waals surface area contributed by atoms with Crippen LogP contribution < -0.4 is 5.32 Å². The summed E-state index contributed by atoms with van der Waals surface area (Å²) in [5.41, 5.74) is 1.58. The first kappa shape index (κ1) is 12.9. The molecule has 3 rings (SSSR count). The molecule has 0 aromatic carbocycles. The number of rotatable bonds is 5. The Bertz CT molecular complexity index is 273. The summed E-state index contributed by atoms with van der Waals surface area (Å²) in [6.45, 7) is 3.10. The molecule has 0 aromatic heterocycles. The standard InChI is InChI=1S/C16H29NO/c1-18-11-10-17-13-14-12-16(14)8-6-15(7-9-16)4-2-3-5-15/h14,17H,2-13H2,1H3. The van der Waals surface area contributed by atoms with Crippen molar-refractivity contribution in [2.45, 2.75) is 57.8 Å². The van der Waals surface area contributed by atoms with Crippen LogP contribution in [0.2, 0.25) is 0 Å². The summed E-state index contributed by atoms with van der Waals surface area (Å²) in [6, 6.07) is 0. The van der Waals surface area contributed by atoms with E-state index in [2.05, 4.69) is 5.32 Å². The number of hydrogen-bond acceptors (Lipinski definition) is 2. The Labute approximate surface area is 112 Å². The monoisotopic (exact) mass is 251 g/mol. The summed E-state index contributed by atoms with van der Waals surface area (Å²) < 4.78 is 5.08. The Morgan fingerprint density at radius 1 is 1.06 bits per heavy atom. The van der Waals surface area contributed by atoms with Gasteiger partial charge >= 0.3 is 0 Å². The van der Waals surface area contributed by atoms with Crippen molar-refractivity contribution >= 4 is 0 Å². The molecule has 104 valence electrons. The van der Waals surface area contributed by atoms with Gasteiger partial charge in [0.25, 0.3) is 0 Å². The molecule has 3 aliphatic carbocycles. The molecule has 18 heavy (non-hydrogen) atoms. The molecule has 0 saturated heterocycles. The number of hydrogen-bond donors (Lipinski definition) is 1. The number of nitrogens with one attached hydrogen (secondary N) is 1. The fourth-order valence-electron chi connectivity index (χ4n) is 4.69. The van der Waals surface area contributed by atoms with Crippen LogP contribution in [0.5, 0.6) is 0 Å². The summed E-state index contributed by atoms with van der Waals surface area (Å²) in [5, 5.41) is 3.56. The molecule has 0 radical (unpaired) electrons. The number of methoxy groups -OCH3 is 1. The van der Waals surface area contributed by atoms with Gasteiger partial charge in [-0.2, -0.15) is 0 Å². The molecule has 1 N–H and O–H groups in total. The van der Waals surface area contributed by atoms with E-state index < -0.39 is 0 Å². The first-order valence-corrected chi connectivity index (χ1v) is 7.98. The molecule has 3 saturated carbocycles. The van der Waals surface area contributed by atoms with Gasteiger partial charge in [0.15, 0.2) is 0 Å². The van der Waals surface area contributed by atoms with E-state index in [4.69, 9.17) is 4.74 Å². The van der Waals surface area contributed by atoms with Gasteiger partial charge in [-0.3, -0.25) is 0 Å². The Balaban J connectivity index is 1.40. The van der Waals surface area contributed by atoms with E-state index in [-0.39, 0.29) is 0 Å². The van der Waals surface area contributed by atoms with Crippen LogP contribution in [0, 0.1) is 16.7 Å². The van der Waals surface area contributed by atoms with Gasteiger partial charge in [0.2, 0.25) is 0 Å². The number of ether oxygens (including phenoxy) is 1. The first-order valence-electron chi connectivity index (χ1n) is 7.98. The van der Waals surface area contributed by atoms with Crippen molar-refractivity contribution in [1.29, 1.82) is 0 Å². The molecule has 0 aliphatic heterocycles. The van der Waals surface area contributed by atoms with Crippen LogP contribution >= 0.6 is 0 Å². The lowest BCUT2D eigenvalue weighted by atomic mass is 9.67. The van der Waals surface area contributed by atoms with Gasteiger partial charge in [-0.1, -0.05) is 12.8 Å². The minimum atomic E-state index is 0.772. The van der Waals surface area contributed by atoms with Crippen LogP contribution in [0.3, 0.4) is 0 Å². The first-order chi connectivity index (χ1) is 8.79.